The molecule has 94 valence electrons. The molecule has 0 spiro atoms. The Morgan fingerprint density at radius 2 is 2.33 bits per heavy atom. The predicted molar refractivity (Wildman–Crippen MR) is 76.2 cm³/mol. The van der Waals surface area contributed by atoms with E-state index in [-0.39, 0.29) is 0 Å². The number of pyridine rings is 1. The van der Waals surface area contributed by atoms with Gasteiger partial charge in [-0.1, -0.05) is 12.1 Å². The standard InChI is InChI=1S/C15H18N2O/c1-4-6-11(2)17-14-10-13(18-3)9-12-7-5-8-16-15(12)14/h4-5,7-11,17H,1,6H2,2-3H3. The number of fused-ring (bicyclic) bond motifs is 1. The van der Waals surface area contributed by atoms with Crippen LogP contribution < -0.4 is 10.1 Å². The molecule has 1 unspecified atom stereocenters. The average molecular weight is 242 g/mol. The molecular weight excluding hydrogens is 224 g/mol. The summed E-state index contributed by atoms with van der Waals surface area (Å²) in [5.74, 6) is 0.837. The number of hydrogen-bond donors (Lipinski definition) is 1. The summed E-state index contributed by atoms with van der Waals surface area (Å²) in [4.78, 5) is 4.43. The third-order valence-electron chi connectivity index (χ3n) is 2.84. The van der Waals surface area contributed by atoms with E-state index in [1.807, 2.05) is 30.3 Å². The second-order valence-corrected chi connectivity index (χ2v) is 4.32. The summed E-state index contributed by atoms with van der Waals surface area (Å²) in [5, 5.41) is 4.52. The van der Waals surface area contributed by atoms with Crippen molar-refractivity contribution in [3.63, 3.8) is 0 Å². The molecule has 1 aromatic carbocycles. The van der Waals surface area contributed by atoms with Crippen LogP contribution in [0.25, 0.3) is 10.9 Å². The maximum absolute atomic E-state index is 5.32. The number of nitrogens with one attached hydrogen (secondary N) is 1. The van der Waals surface area contributed by atoms with E-state index >= 15 is 0 Å². The highest BCUT2D eigenvalue weighted by molar-refractivity contribution is 5.91. The van der Waals surface area contributed by atoms with Crippen LogP contribution >= 0.6 is 0 Å². The SMILES string of the molecule is C=CCC(C)Nc1cc(OC)cc2cccnc12. The van der Waals surface area contributed by atoms with Crippen molar-refractivity contribution < 1.29 is 4.74 Å². The lowest BCUT2D eigenvalue weighted by Crippen LogP contribution is -2.14. The second kappa shape index (κ2) is 5.54. The van der Waals surface area contributed by atoms with E-state index in [1.165, 1.54) is 0 Å². The minimum atomic E-state index is 0.319. The van der Waals surface area contributed by atoms with Gasteiger partial charge >= 0.3 is 0 Å². The molecule has 0 aliphatic rings. The fourth-order valence-electron chi connectivity index (χ4n) is 1.97. The quantitative estimate of drug-likeness (QED) is 0.813. The van der Waals surface area contributed by atoms with Crippen LogP contribution in [0.15, 0.2) is 43.1 Å². The summed E-state index contributed by atoms with van der Waals surface area (Å²) >= 11 is 0. The number of ether oxygens (including phenoxy) is 1. The van der Waals surface area contributed by atoms with Crippen LogP contribution in [-0.2, 0) is 0 Å². The van der Waals surface area contributed by atoms with Crippen molar-refractivity contribution in [3.05, 3.63) is 43.1 Å². The largest absolute Gasteiger partial charge is 0.497 e. The molecule has 3 nitrogen and oxygen atoms in total. The molecule has 0 aliphatic heterocycles. The molecule has 1 aromatic heterocycles. The maximum Gasteiger partial charge on any atom is 0.121 e. The monoisotopic (exact) mass is 242 g/mol. The number of benzene rings is 1. The molecule has 1 atom stereocenters. The molecule has 2 rings (SSSR count). The van der Waals surface area contributed by atoms with E-state index in [1.54, 1.807) is 13.3 Å². The molecule has 18 heavy (non-hydrogen) atoms. The van der Waals surface area contributed by atoms with E-state index in [0.717, 1.165) is 28.8 Å². The van der Waals surface area contributed by atoms with Gasteiger partial charge in [0.1, 0.15) is 5.75 Å². The summed E-state index contributed by atoms with van der Waals surface area (Å²) in [6.45, 7) is 5.88. The van der Waals surface area contributed by atoms with Crippen LogP contribution in [0.5, 0.6) is 5.75 Å². The van der Waals surface area contributed by atoms with Gasteiger partial charge in [-0.15, -0.1) is 6.58 Å². The molecule has 0 fully saturated rings. The van der Waals surface area contributed by atoms with E-state index in [9.17, 15) is 0 Å². The van der Waals surface area contributed by atoms with Crippen molar-refractivity contribution in [2.24, 2.45) is 0 Å². The van der Waals surface area contributed by atoms with Crippen LogP contribution in [-0.4, -0.2) is 18.1 Å². The molecule has 0 amide bonds. The molecule has 1 N–H and O–H groups in total. The topological polar surface area (TPSA) is 34.1 Å². The summed E-state index contributed by atoms with van der Waals surface area (Å²) in [7, 11) is 1.68. The van der Waals surface area contributed by atoms with Crippen LogP contribution in [0.3, 0.4) is 0 Å². The first-order valence-corrected chi connectivity index (χ1v) is 6.04. The van der Waals surface area contributed by atoms with Gasteiger partial charge in [0, 0.05) is 23.7 Å². The molecule has 0 saturated carbocycles. The van der Waals surface area contributed by atoms with Crippen LogP contribution in [0.4, 0.5) is 5.69 Å². The van der Waals surface area contributed by atoms with Crippen molar-refractivity contribution in [2.45, 2.75) is 19.4 Å². The number of hydrogen-bond acceptors (Lipinski definition) is 3. The Labute approximate surface area is 107 Å². The first-order valence-electron chi connectivity index (χ1n) is 6.04. The smallest absolute Gasteiger partial charge is 0.121 e. The average Bonchev–Trinajstić information content (AvgIpc) is 2.38. The number of rotatable bonds is 5. The fourth-order valence-corrected chi connectivity index (χ4v) is 1.97. The van der Waals surface area contributed by atoms with Gasteiger partial charge in [0.05, 0.1) is 18.3 Å². The molecule has 1 heterocycles. The minimum Gasteiger partial charge on any atom is -0.497 e. The second-order valence-electron chi connectivity index (χ2n) is 4.32. The van der Waals surface area contributed by atoms with Gasteiger partial charge in [0.2, 0.25) is 0 Å². The number of methoxy groups -OCH3 is 1. The number of anilines is 1. The van der Waals surface area contributed by atoms with Crippen LogP contribution in [0, 0.1) is 0 Å². The highest BCUT2D eigenvalue weighted by Crippen LogP contribution is 2.28. The predicted octanol–water partition coefficient (Wildman–Crippen LogP) is 3.62. The molecule has 0 saturated heterocycles. The van der Waals surface area contributed by atoms with E-state index in [2.05, 4.69) is 23.8 Å². The van der Waals surface area contributed by atoms with Gasteiger partial charge in [-0.05, 0) is 25.5 Å². The zero-order valence-corrected chi connectivity index (χ0v) is 10.8. The summed E-state index contributed by atoms with van der Waals surface area (Å²) in [5.41, 5.74) is 1.97. The molecular formula is C15H18N2O. The molecule has 0 aliphatic carbocycles. The van der Waals surface area contributed by atoms with Crippen molar-refractivity contribution in [1.29, 1.82) is 0 Å². The van der Waals surface area contributed by atoms with E-state index < -0.39 is 0 Å². The van der Waals surface area contributed by atoms with E-state index in [0.29, 0.717) is 6.04 Å². The van der Waals surface area contributed by atoms with Gasteiger partial charge in [0.15, 0.2) is 0 Å². The normalized spacial score (nSPS) is 12.1. The minimum absolute atomic E-state index is 0.319. The van der Waals surface area contributed by atoms with Crippen LogP contribution in [0.2, 0.25) is 0 Å². The van der Waals surface area contributed by atoms with Crippen molar-refractivity contribution >= 4 is 16.6 Å². The zero-order valence-electron chi connectivity index (χ0n) is 10.8. The van der Waals surface area contributed by atoms with Gasteiger partial charge < -0.3 is 10.1 Å². The third-order valence-corrected chi connectivity index (χ3v) is 2.84. The van der Waals surface area contributed by atoms with Gasteiger partial charge in [0.25, 0.3) is 0 Å². The van der Waals surface area contributed by atoms with E-state index in [4.69, 9.17) is 4.74 Å². The summed E-state index contributed by atoms with van der Waals surface area (Å²) in [6, 6.07) is 8.26. The Kier molecular flexibility index (Phi) is 3.82. The maximum atomic E-state index is 5.32. The Balaban J connectivity index is 2.43. The summed E-state index contributed by atoms with van der Waals surface area (Å²) < 4.78 is 5.32. The highest BCUT2D eigenvalue weighted by atomic mass is 16.5. The Hall–Kier alpha value is -2.03. The number of nitrogens with zero attached hydrogens (tertiary/aromatic N) is 1. The Morgan fingerprint density at radius 3 is 3.06 bits per heavy atom. The zero-order chi connectivity index (χ0) is 13.0. The lowest BCUT2D eigenvalue weighted by atomic mass is 10.1. The van der Waals surface area contributed by atoms with Crippen molar-refractivity contribution in [3.8, 4) is 5.75 Å². The van der Waals surface area contributed by atoms with Gasteiger partial charge in [-0.2, -0.15) is 0 Å². The van der Waals surface area contributed by atoms with Gasteiger partial charge in [-0.3, -0.25) is 4.98 Å². The van der Waals surface area contributed by atoms with Crippen LogP contribution in [0.1, 0.15) is 13.3 Å². The summed E-state index contributed by atoms with van der Waals surface area (Å²) in [6.07, 6.45) is 4.62. The lowest BCUT2D eigenvalue weighted by molar-refractivity contribution is 0.415. The number of aromatic nitrogens is 1. The Bertz CT molecular complexity index is 551. The van der Waals surface area contributed by atoms with Crippen molar-refractivity contribution in [2.75, 3.05) is 12.4 Å². The first kappa shape index (κ1) is 12.4. The molecule has 2 aromatic rings. The molecule has 0 radical (unpaired) electrons. The fraction of sp³-hybridized carbons (Fsp3) is 0.267. The first-order chi connectivity index (χ1) is 8.74. The highest BCUT2D eigenvalue weighted by Gasteiger charge is 2.07. The van der Waals surface area contributed by atoms with Crippen molar-refractivity contribution in [1.82, 2.24) is 4.98 Å². The third kappa shape index (κ3) is 2.62. The van der Waals surface area contributed by atoms with Gasteiger partial charge in [-0.25, -0.2) is 0 Å². The molecule has 0 bridgehead atoms. The molecule has 3 heteroatoms. The lowest BCUT2D eigenvalue weighted by Gasteiger charge is -2.16. The Morgan fingerprint density at radius 1 is 1.50 bits per heavy atom.